The van der Waals surface area contributed by atoms with Crippen LogP contribution in [0.25, 0.3) is 6.08 Å². The van der Waals surface area contributed by atoms with E-state index in [1.807, 2.05) is 61.5 Å². The third-order valence-electron chi connectivity index (χ3n) is 5.34. The molecule has 160 valence electrons. The number of carbonyl (C=O) groups excluding carboxylic acids is 3. The Morgan fingerprint density at radius 3 is 2.26 bits per heavy atom. The summed E-state index contributed by atoms with van der Waals surface area (Å²) < 4.78 is 5.16. The van der Waals surface area contributed by atoms with Gasteiger partial charge in [-0.25, -0.2) is 4.79 Å². The number of nitrogens with zero attached hydrogens (tertiary/aromatic N) is 2. The van der Waals surface area contributed by atoms with Gasteiger partial charge >= 0.3 is 6.03 Å². The van der Waals surface area contributed by atoms with Gasteiger partial charge in [0.15, 0.2) is 5.78 Å². The first-order valence-electron chi connectivity index (χ1n) is 10.1. The first-order valence-corrected chi connectivity index (χ1v) is 10.1. The fourth-order valence-corrected chi connectivity index (χ4v) is 3.79. The average Bonchev–Trinajstić information content (AvgIpc) is 2.78. The molecular formula is C25H26N2O4. The molecule has 0 aromatic heterocycles. The number of benzene rings is 2. The Bertz CT molecular complexity index is 1040. The van der Waals surface area contributed by atoms with Crippen LogP contribution >= 0.6 is 0 Å². The molecular weight excluding hydrogens is 392 g/mol. The largest absolute Gasteiger partial charge is 0.497 e. The van der Waals surface area contributed by atoms with Gasteiger partial charge in [0.1, 0.15) is 5.75 Å². The van der Waals surface area contributed by atoms with Gasteiger partial charge in [-0.3, -0.25) is 19.4 Å². The molecule has 0 spiro atoms. The fraction of sp³-hybridized carbons (Fsp3) is 0.240. The van der Waals surface area contributed by atoms with Gasteiger partial charge in [0, 0.05) is 24.7 Å². The number of carbonyl (C=O) groups is 3. The Morgan fingerprint density at radius 1 is 1.06 bits per heavy atom. The molecule has 0 radical (unpaired) electrons. The molecule has 0 saturated heterocycles. The fourth-order valence-electron chi connectivity index (χ4n) is 3.79. The van der Waals surface area contributed by atoms with Crippen LogP contribution in [0.4, 0.5) is 4.79 Å². The normalized spacial score (nSPS) is 16.8. The van der Waals surface area contributed by atoms with Crippen LogP contribution < -0.4 is 4.74 Å². The molecule has 6 nitrogen and oxygen atoms in total. The van der Waals surface area contributed by atoms with Crippen molar-refractivity contribution in [3.8, 4) is 5.75 Å². The Hall–Kier alpha value is -3.67. The molecule has 0 aliphatic carbocycles. The van der Waals surface area contributed by atoms with Crippen molar-refractivity contribution in [1.29, 1.82) is 0 Å². The Balaban J connectivity index is 2.08. The van der Waals surface area contributed by atoms with E-state index in [-0.39, 0.29) is 5.78 Å². The lowest BCUT2D eigenvalue weighted by atomic mass is 9.90. The van der Waals surface area contributed by atoms with Crippen LogP contribution in [0, 0.1) is 0 Å². The quantitative estimate of drug-likeness (QED) is 0.643. The second kappa shape index (κ2) is 9.43. The highest BCUT2D eigenvalue weighted by Gasteiger charge is 2.42. The van der Waals surface area contributed by atoms with E-state index in [0.29, 0.717) is 23.4 Å². The molecule has 1 heterocycles. The molecule has 0 unspecified atom stereocenters. The first kappa shape index (κ1) is 22.0. The number of hydrogen-bond acceptors (Lipinski definition) is 4. The number of amides is 3. The van der Waals surface area contributed by atoms with Gasteiger partial charge in [-0.1, -0.05) is 48.5 Å². The third-order valence-corrected chi connectivity index (χ3v) is 5.34. The van der Waals surface area contributed by atoms with Gasteiger partial charge in [0.25, 0.3) is 0 Å². The zero-order valence-electron chi connectivity index (χ0n) is 18.2. The minimum Gasteiger partial charge on any atom is -0.497 e. The van der Waals surface area contributed by atoms with Crippen LogP contribution in [0.1, 0.15) is 37.9 Å². The predicted octanol–water partition coefficient (Wildman–Crippen LogP) is 4.60. The lowest BCUT2D eigenvalue weighted by Gasteiger charge is -2.41. The van der Waals surface area contributed by atoms with Crippen LogP contribution in [0.3, 0.4) is 0 Å². The molecule has 6 heteroatoms. The number of ether oxygens (including phenoxy) is 1. The van der Waals surface area contributed by atoms with E-state index in [1.54, 1.807) is 20.1 Å². The summed E-state index contributed by atoms with van der Waals surface area (Å²) in [5, 5.41) is 0. The summed E-state index contributed by atoms with van der Waals surface area (Å²) in [4.78, 5) is 41.6. The number of ketones is 1. The highest BCUT2D eigenvalue weighted by molar-refractivity contribution is 6.10. The van der Waals surface area contributed by atoms with Crippen molar-refractivity contribution in [2.75, 3.05) is 13.7 Å². The van der Waals surface area contributed by atoms with Crippen LogP contribution in [-0.4, -0.2) is 41.2 Å². The van der Waals surface area contributed by atoms with E-state index in [1.165, 1.54) is 22.8 Å². The summed E-state index contributed by atoms with van der Waals surface area (Å²) in [5.74, 6) is 0.0706. The van der Waals surface area contributed by atoms with Crippen molar-refractivity contribution in [2.45, 2.75) is 26.8 Å². The number of rotatable bonds is 6. The van der Waals surface area contributed by atoms with Crippen molar-refractivity contribution < 1.29 is 19.1 Å². The summed E-state index contributed by atoms with van der Waals surface area (Å²) in [5.41, 5.74) is 2.52. The van der Waals surface area contributed by atoms with Gasteiger partial charge in [0.2, 0.25) is 5.91 Å². The van der Waals surface area contributed by atoms with E-state index < -0.39 is 18.0 Å². The van der Waals surface area contributed by atoms with E-state index in [0.717, 1.165) is 11.3 Å². The number of urea groups is 1. The molecule has 1 aliphatic heterocycles. The van der Waals surface area contributed by atoms with Crippen LogP contribution in [0.5, 0.6) is 5.75 Å². The number of allylic oxidation sites excluding steroid dienone is 2. The van der Waals surface area contributed by atoms with E-state index in [9.17, 15) is 14.4 Å². The molecule has 31 heavy (non-hydrogen) atoms. The topological polar surface area (TPSA) is 66.9 Å². The molecule has 2 aromatic carbocycles. The molecule has 1 aliphatic rings. The van der Waals surface area contributed by atoms with Crippen LogP contribution in [0.2, 0.25) is 0 Å². The molecule has 3 rings (SSSR count). The highest BCUT2D eigenvalue weighted by Crippen LogP contribution is 2.37. The highest BCUT2D eigenvalue weighted by atomic mass is 16.5. The van der Waals surface area contributed by atoms with Gasteiger partial charge in [-0.2, -0.15) is 0 Å². The Kier molecular flexibility index (Phi) is 6.70. The molecule has 0 bridgehead atoms. The lowest BCUT2D eigenvalue weighted by Crippen LogP contribution is -2.52. The molecule has 0 fully saturated rings. The molecule has 3 amide bonds. The van der Waals surface area contributed by atoms with Gasteiger partial charge in [-0.15, -0.1) is 0 Å². The molecule has 0 saturated carbocycles. The summed E-state index contributed by atoms with van der Waals surface area (Å²) in [6.07, 6.45) is 3.20. The van der Waals surface area contributed by atoms with Crippen molar-refractivity contribution >= 4 is 23.8 Å². The van der Waals surface area contributed by atoms with E-state index in [4.69, 9.17) is 4.74 Å². The zero-order chi connectivity index (χ0) is 22.5. The number of imide groups is 1. The molecule has 2 aromatic rings. The lowest BCUT2D eigenvalue weighted by molar-refractivity contribution is -0.128. The second-order valence-corrected chi connectivity index (χ2v) is 7.20. The molecule has 1 atom stereocenters. The van der Waals surface area contributed by atoms with Crippen molar-refractivity contribution in [3.05, 3.63) is 83.1 Å². The number of hydrogen-bond donors (Lipinski definition) is 0. The minimum atomic E-state index is -0.776. The summed E-state index contributed by atoms with van der Waals surface area (Å²) in [6, 6.07) is 15.3. The standard InChI is InChI=1S/C25H26N2O4/c1-5-26-17(2)23(22(29)16-13-19-11-14-21(31-4)15-12-19)24(20-9-7-6-8-10-20)27(18(3)28)25(26)30/h6-16,24H,5H2,1-4H3/b16-13+/t24-/m1/s1. The zero-order valence-corrected chi connectivity index (χ0v) is 18.2. The Labute approximate surface area is 182 Å². The van der Waals surface area contributed by atoms with E-state index >= 15 is 0 Å². The van der Waals surface area contributed by atoms with Crippen LogP contribution in [-0.2, 0) is 9.59 Å². The maximum absolute atomic E-state index is 13.4. The van der Waals surface area contributed by atoms with Gasteiger partial charge in [0.05, 0.1) is 13.2 Å². The van der Waals surface area contributed by atoms with Gasteiger partial charge < -0.3 is 4.74 Å². The second-order valence-electron chi connectivity index (χ2n) is 7.20. The van der Waals surface area contributed by atoms with E-state index in [2.05, 4.69) is 0 Å². The Morgan fingerprint density at radius 2 is 1.71 bits per heavy atom. The minimum absolute atomic E-state index is 0.251. The SMILES string of the molecule is CCN1C(=O)N(C(C)=O)[C@H](c2ccccc2)C(C(=O)/C=C/c2ccc(OC)cc2)=C1C. The third kappa shape index (κ3) is 4.43. The monoisotopic (exact) mass is 418 g/mol. The summed E-state index contributed by atoms with van der Waals surface area (Å²) in [6.45, 7) is 5.27. The summed E-state index contributed by atoms with van der Waals surface area (Å²) >= 11 is 0. The average molecular weight is 418 g/mol. The van der Waals surface area contributed by atoms with Gasteiger partial charge in [-0.05, 0) is 43.2 Å². The predicted molar refractivity (Wildman–Crippen MR) is 119 cm³/mol. The van der Waals surface area contributed by atoms with Crippen molar-refractivity contribution in [3.63, 3.8) is 0 Å². The maximum atomic E-state index is 13.4. The maximum Gasteiger partial charge on any atom is 0.331 e. The first-order chi connectivity index (χ1) is 14.9. The smallest absolute Gasteiger partial charge is 0.331 e. The summed E-state index contributed by atoms with van der Waals surface area (Å²) in [7, 11) is 1.60. The number of methoxy groups -OCH3 is 1. The molecule has 0 N–H and O–H groups in total. The van der Waals surface area contributed by atoms with Crippen molar-refractivity contribution in [2.24, 2.45) is 0 Å². The van der Waals surface area contributed by atoms with Crippen LogP contribution in [0.15, 0.2) is 71.9 Å². The van der Waals surface area contributed by atoms with Crippen molar-refractivity contribution in [1.82, 2.24) is 9.80 Å².